The Labute approximate surface area is 166 Å². The third-order valence-corrected chi connectivity index (χ3v) is 5.28. The number of rotatable bonds is 8. The molecule has 154 valence electrons. The first kappa shape index (κ1) is 21.9. The number of benzene rings is 2. The van der Waals surface area contributed by atoms with Crippen LogP contribution in [0, 0.1) is 0 Å². The van der Waals surface area contributed by atoms with Gasteiger partial charge in [0.25, 0.3) is 0 Å². The first-order valence-electron chi connectivity index (χ1n) is 8.99. The minimum Gasteiger partial charge on any atom is -0.493 e. The molecule has 6 heteroatoms. The van der Waals surface area contributed by atoms with E-state index < -0.39 is 17.1 Å². The van der Waals surface area contributed by atoms with Gasteiger partial charge in [0.2, 0.25) is 0 Å². The van der Waals surface area contributed by atoms with Gasteiger partial charge in [-0.1, -0.05) is 12.1 Å². The number of hydrogen-bond acceptors (Lipinski definition) is 6. The van der Waals surface area contributed by atoms with Crippen molar-refractivity contribution in [3.63, 3.8) is 0 Å². The van der Waals surface area contributed by atoms with E-state index in [9.17, 15) is 10.2 Å². The van der Waals surface area contributed by atoms with Gasteiger partial charge in [0, 0.05) is 5.92 Å². The third-order valence-electron chi connectivity index (χ3n) is 5.28. The summed E-state index contributed by atoms with van der Waals surface area (Å²) in [6.07, 6.45) is 0. The Bertz CT molecular complexity index is 752. The van der Waals surface area contributed by atoms with Gasteiger partial charge in [-0.2, -0.15) is 0 Å². The second kappa shape index (κ2) is 8.29. The van der Waals surface area contributed by atoms with Crippen LogP contribution in [0.15, 0.2) is 36.4 Å². The molecule has 0 aliphatic heterocycles. The standard InChI is InChI=1S/C22H30O6/c1-21(2,23)22(3,24)20(14-8-10-16(25-4)18(12-14)27-6)15-9-11-17(26-5)19(13-15)28-7/h8-13,20,23-24H,1-7H3. The summed E-state index contributed by atoms with van der Waals surface area (Å²) < 4.78 is 21.5. The van der Waals surface area contributed by atoms with Crippen LogP contribution >= 0.6 is 0 Å². The molecule has 6 nitrogen and oxygen atoms in total. The van der Waals surface area contributed by atoms with E-state index in [0.29, 0.717) is 23.0 Å². The molecule has 2 rings (SSSR count). The van der Waals surface area contributed by atoms with Gasteiger partial charge in [-0.15, -0.1) is 0 Å². The minimum absolute atomic E-state index is 0.539. The molecule has 0 heterocycles. The van der Waals surface area contributed by atoms with E-state index in [1.54, 1.807) is 73.5 Å². The molecule has 0 saturated carbocycles. The smallest absolute Gasteiger partial charge is 0.161 e. The van der Waals surface area contributed by atoms with Gasteiger partial charge < -0.3 is 29.2 Å². The highest BCUT2D eigenvalue weighted by atomic mass is 16.5. The lowest BCUT2D eigenvalue weighted by molar-refractivity contribution is -0.128. The molecule has 1 atom stereocenters. The summed E-state index contributed by atoms with van der Waals surface area (Å²) in [6.45, 7) is 4.79. The zero-order chi connectivity index (χ0) is 21.1. The maximum absolute atomic E-state index is 11.4. The van der Waals surface area contributed by atoms with E-state index in [0.717, 1.165) is 11.1 Å². The van der Waals surface area contributed by atoms with E-state index in [1.807, 2.05) is 12.1 Å². The van der Waals surface area contributed by atoms with E-state index in [-0.39, 0.29) is 0 Å². The van der Waals surface area contributed by atoms with Crippen molar-refractivity contribution in [3.05, 3.63) is 47.5 Å². The maximum Gasteiger partial charge on any atom is 0.161 e. The van der Waals surface area contributed by atoms with Crippen LogP contribution in [0.25, 0.3) is 0 Å². The first-order valence-corrected chi connectivity index (χ1v) is 8.99. The molecule has 0 fully saturated rings. The monoisotopic (exact) mass is 390 g/mol. The van der Waals surface area contributed by atoms with Gasteiger partial charge in [-0.05, 0) is 56.2 Å². The van der Waals surface area contributed by atoms with Crippen molar-refractivity contribution in [1.82, 2.24) is 0 Å². The Balaban J connectivity index is 2.72. The summed E-state index contributed by atoms with van der Waals surface area (Å²) in [5.41, 5.74) is -1.38. The highest BCUT2D eigenvalue weighted by Crippen LogP contribution is 2.45. The van der Waals surface area contributed by atoms with Gasteiger partial charge in [0.1, 0.15) is 5.60 Å². The number of aliphatic hydroxyl groups is 2. The SMILES string of the molecule is COc1ccc(C(c2ccc(OC)c(OC)c2)C(C)(O)C(C)(C)O)cc1OC. The molecule has 2 N–H and O–H groups in total. The fourth-order valence-electron chi connectivity index (χ4n) is 3.26. The molecule has 0 saturated heterocycles. The first-order chi connectivity index (χ1) is 13.1. The molecule has 2 aromatic rings. The quantitative estimate of drug-likeness (QED) is 0.720. The van der Waals surface area contributed by atoms with Crippen LogP contribution in [0.3, 0.4) is 0 Å². The van der Waals surface area contributed by atoms with E-state index in [2.05, 4.69) is 0 Å². The van der Waals surface area contributed by atoms with Crippen molar-refractivity contribution in [1.29, 1.82) is 0 Å². The Kier molecular flexibility index (Phi) is 6.47. The Morgan fingerprint density at radius 3 is 1.29 bits per heavy atom. The van der Waals surface area contributed by atoms with Crippen molar-refractivity contribution in [2.45, 2.75) is 37.9 Å². The largest absolute Gasteiger partial charge is 0.493 e. The molecular formula is C22H30O6. The number of methoxy groups -OCH3 is 4. The summed E-state index contributed by atoms with van der Waals surface area (Å²) >= 11 is 0. The fraction of sp³-hybridized carbons (Fsp3) is 0.455. The Morgan fingerprint density at radius 2 is 1.00 bits per heavy atom. The average molecular weight is 390 g/mol. The molecule has 2 aromatic carbocycles. The zero-order valence-corrected chi connectivity index (χ0v) is 17.6. The van der Waals surface area contributed by atoms with E-state index in [4.69, 9.17) is 18.9 Å². The van der Waals surface area contributed by atoms with Crippen molar-refractivity contribution < 1.29 is 29.2 Å². The van der Waals surface area contributed by atoms with Crippen LogP contribution in [0.5, 0.6) is 23.0 Å². The molecule has 0 aromatic heterocycles. The lowest BCUT2D eigenvalue weighted by Gasteiger charge is -2.42. The minimum atomic E-state index is -1.51. The molecule has 0 spiro atoms. The maximum atomic E-state index is 11.4. The second-order valence-corrected chi connectivity index (χ2v) is 7.37. The highest BCUT2D eigenvalue weighted by molar-refractivity contribution is 5.51. The summed E-state index contributed by atoms with van der Waals surface area (Å²) in [4.78, 5) is 0. The fourth-order valence-corrected chi connectivity index (χ4v) is 3.26. The molecule has 0 amide bonds. The van der Waals surface area contributed by atoms with Crippen molar-refractivity contribution >= 4 is 0 Å². The van der Waals surface area contributed by atoms with Crippen molar-refractivity contribution in [3.8, 4) is 23.0 Å². The van der Waals surface area contributed by atoms with Crippen LogP contribution in [0.1, 0.15) is 37.8 Å². The van der Waals surface area contributed by atoms with E-state index in [1.165, 1.54) is 0 Å². The molecule has 0 aliphatic carbocycles. The predicted molar refractivity (Wildman–Crippen MR) is 108 cm³/mol. The van der Waals surface area contributed by atoms with Crippen LogP contribution in [-0.4, -0.2) is 49.9 Å². The predicted octanol–water partition coefficient (Wildman–Crippen LogP) is 3.37. The average Bonchev–Trinajstić information content (AvgIpc) is 2.66. The van der Waals surface area contributed by atoms with Gasteiger partial charge in [0.15, 0.2) is 23.0 Å². The van der Waals surface area contributed by atoms with E-state index >= 15 is 0 Å². The number of ether oxygens (including phenoxy) is 4. The topological polar surface area (TPSA) is 77.4 Å². The molecule has 0 radical (unpaired) electrons. The van der Waals surface area contributed by atoms with Crippen LogP contribution in [-0.2, 0) is 0 Å². The lowest BCUT2D eigenvalue weighted by atomic mass is 9.70. The zero-order valence-electron chi connectivity index (χ0n) is 17.6. The van der Waals surface area contributed by atoms with Gasteiger partial charge in [0.05, 0.1) is 34.0 Å². The highest BCUT2D eigenvalue weighted by Gasteiger charge is 2.46. The van der Waals surface area contributed by atoms with Crippen molar-refractivity contribution in [2.75, 3.05) is 28.4 Å². The summed E-state index contributed by atoms with van der Waals surface area (Å²) in [7, 11) is 6.25. The summed E-state index contributed by atoms with van der Waals surface area (Å²) in [5, 5.41) is 22.1. The van der Waals surface area contributed by atoms with Crippen molar-refractivity contribution in [2.24, 2.45) is 0 Å². The molecule has 28 heavy (non-hydrogen) atoms. The van der Waals surface area contributed by atoms with Gasteiger partial charge in [-0.25, -0.2) is 0 Å². The van der Waals surface area contributed by atoms with Gasteiger partial charge in [-0.3, -0.25) is 0 Å². The third kappa shape index (κ3) is 4.03. The van der Waals surface area contributed by atoms with Gasteiger partial charge >= 0.3 is 0 Å². The molecule has 0 aliphatic rings. The molecule has 0 bridgehead atoms. The summed E-state index contributed by atoms with van der Waals surface area (Å²) in [6, 6.07) is 10.9. The molecule has 1 unspecified atom stereocenters. The van der Waals surface area contributed by atoms with Crippen LogP contribution in [0.4, 0.5) is 0 Å². The van der Waals surface area contributed by atoms with Crippen LogP contribution < -0.4 is 18.9 Å². The Morgan fingerprint density at radius 1 is 0.643 bits per heavy atom. The summed E-state index contributed by atoms with van der Waals surface area (Å²) in [5.74, 6) is 1.67. The normalized spacial score (nSPS) is 13.8. The lowest BCUT2D eigenvalue weighted by Crippen LogP contribution is -2.52. The Hall–Kier alpha value is -2.44. The van der Waals surface area contributed by atoms with Crippen LogP contribution in [0.2, 0.25) is 0 Å². The molecular weight excluding hydrogens is 360 g/mol. The number of hydrogen-bond donors (Lipinski definition) is 2. The second-order valence-electron chi connectivity index (χ2n) is 7.37.